The van der Waals surface area contributed by atoms with Gasteiger partial charge in [0.15, 0.2) is 17.5 Å². The van der Waals surface area contributed by atoms with Crippen molar-refractivity contribution in [1.29, 1.82) is 0 Å². The Balaban J connectivity index is 1.19. The van der Waals surface area contributed by atoms with Crippen molar-refractivity contribution in [3.05, 3.63) is 182 Å². The van der Waals surface area contributed by atoms with E-state index >= 15 is 0 Å². The first-order chi connectivity index (χ1) is 24.8. The summed E-state index contributed by atoms with van der Waals surface area (Å²) in [5.41, 5.74) is 10.4. The Morgan fingerprint density at radius 2 is 0.760 bits per heavy atom. The predicted molar refractivity (Wildman–Crippen MR) is 205 cm³/mol. The van der Waals surface area contributed by atoms with Crippen LogP contribution in [0.5, 0.6) is 0 Å². The van der Waals surface area contributed by atoms with Crippen LogP contribution in [0.2, 0.25) is 0 Å². The Bertz CT molecular complexity index is 2600. The van der Waals surface area contributed by atoms with Crippen LogP contribution in [0.15, 0.2) is 182 Å². The molecule has 0 radical (unpaired) electrons. The highest BCUT2D eigenvalue weighted by molar-refractivity contribution is 6.14. The Morgan fingerprint density at radius 1 is 0.300 bits per heavy atom. The summed E-state index contributed by atoms with van der Waals surface area (Å²) in [7, 11) is 0. The molecule has 0 N–H and O–H groups in total. The molecule has 0 aliphatic carbocycles. The molecule has 0 aliphatic heterocycles. The van der Waals surface area contributed by atoms with Crippen LogP contribution in [-0.4, -0.2) is 19.9 Å². The van der Waals surface area contributed by atoms with E-state index in [4.69, 9.17) is 19.9 Å². The Morgan fingerprint density at radius 3 is 1.38 bits per heavy atom. The van der Waals surface area contributed by atoms with Crippen molar-refractivity contribution in [3.8, 4) is 67.7 Å². The van der Waals surface area contributed by atoms with E-state index in [2.05, 4.69) is 140 Å². The van der Waals surface area contributed by atoms with E-state index in [1.54, 1.807) is 0 Å². The minimum Gasteiger partial charge on any atom is -0.248 e. The highest BCUT2D eigenvalue weighted by atomic mass is 15.0. The minimum absolute atomic E-state index is 0.629. The molecule has 0 fully saturated rings. The molecular formula is C46H30N4. The summed E-state index contributed by atoms with van der Waals surface area (Å²) < 4.78 is 0. The summed E-state index contributed by atoms with van der Waals surface area (Å²) >= 11 is 0. The monoisotopic (exact) mass is 638 g/mol. The van der Waals surface area contributed by atoms with Crippen LogP contribution in [0.3, 0.4) is 0 Å². The van der Waals surface area contributed by atoms with Gasteiger partial charge in [-0.15, -0.1) is 0 Å². The zero-order valence-electron chi connectivity index (χ0n) is 27.1. The van der Waals surface area contributed by atoms with Crippen LogP contribution in [0, 0.1) is 0 Å². The summed E-state index contributed by atoms with van der Waals surface area (Å²) in [5.74, 6) is 1.90. The maximum atomic E-state index is 5.15. The molecule has 0 atom stereocenters. The second kappa shape index (κ2) is 12.7. The number of hydrogen-bond acceptors (Lipinski definition) is 4. The van der Waals surface area contributed by atoms with Crippen molar-refractivity contribution >= 4 is 21.7 Å². The van der Waals surface area contributed by atoms with Crippen LogP contribution in [0.4, 0.5) is 0 Å². The number of rotatable bonds is 6. The first-order valence-electron chi connectivity index (χ1n) is 16.7. The molecule has 9 rings (SSSR count). The standard InChI is InChI=1S/C46H30N4/c1-5-13-31(14-6-1)32-21-23-36(24-22-32)45-48-44(35-19-11-4-12-20-35)49-46(50-45)38-25-27-39-37(29-38)26-28-41-43(39)40(33-15-7-2-8-16-33)30-42(47-41)34-17-9-3-10-18-34/h1-30H. The van der Waals surface area contributed by atoms with Crippen molar-refractivity contribution in [2.24, 2.45) is 0 Å². The van der Waals surface area contributed by atoms with Gasteiger partial charge in [0.1, 0.15) is 0 Å². The highest BCUT2D eigenvalue weighted by Crippen LogP contribution is 2.38. The van der Waals surface area contributed by atoms with Gasteiger partial charge in [-0.05, 0) is 51.2 Å². The molecule has 0 aliphatic rings. The summed E-state index contributed by atoms with van der Waals surface area (Å²) in [6.45, 7) is 0. The lowest BCUT2D eigenvalue weighted by Gasteiger charge is -2.14. The first-order valence-corrected chi connectivity index (χ1v) is 16.7. The Kier molecular flexibility index (Phi) is 7.45. The molecule has 4 nitrogen and oxygen atoms in total. The van der Waals surface area contributed by atoms with E-state index in [9.17, 15) is 0 Å². The van der Waals surface area contributed by atoms with Crippen molar-refractivity contribution < 1.29 is 0 Å². The molecule has 0 spiro atoms. The highest BCUT2D eigenvalue weighted by Gasteiger charge is 2.16. The van der Waals surface area contributed by atoms with Crippen LogP contribution >= 0.6 is 0 Å². The van der Waals surface area contributed by atoms with Gasteiger partial charge < -0.3 is 0 Å². The smallest absolute Gasteiger partial charge is 0.164 e. The van der Waals surface area contributed by atoms with Gasteiger partial charge in [0.2, 0.25) is 0 Å². The lowest BCUT2D eigenvalue weighted by atomic mass is 9.94. The van der Waals surface area contributed by atoms with E-state index in [0.29, 0.717) is 17.5 Å². The third-order valence-corrected chi connectivity index (χ3v) is 9.12. The minimum atomic E-state index is 0.629. The maximum Gasteiger partial charge on any atom is 0.164 e. The van der Waals surface area contributed by atoms with E-state index in [1.807, 2.05) is 42.5 Å². The van der Waals surface area contributed by atoms with E-state index in [0.717, 1.165) is 66.3 Å². The second-order valence-electron chi connectivity index (χ2n) is 12.3. The number of fused-ring (bicyclic) bond motifs is 3. The fourth-order valence-electron chi connectivity index (χ4n) is 6.60. The quantitative estimate of drug-likeness (QED) is 0.170. The molecule has 50 heavy (non-hydrogen) atoms. The van der Waals surface area contributed by atoms with Crippen LogP contribution < -0.4 is 0 Å². The maximum absolute atomic E-state index is 5.15. The number of pyridine rings is 1. The molecule has 0 saturated heterocycles. The van der Waals surface area contributed by atoms with Gasteiger partial charge in [-0.2, -0.15) is 0 Å². The van der Waals surface area contributed by atoms with Gasteiger partial charge >= 0.3 is 0 Å². The molecule has 234 valence electrons. The van der Waals surface area contributed by atoms with Crippen molar-refractivity contribution in [1.82, 2.24) is 19.9 Å². The van der Waals surface area contributed by atoms with Crippen LogP contribution in [0.1, 0.15) is 0 Å². The normalized spacial score (nSPS) is 11.2. The zero-order chi connectivity index (χ0) is 33.3. The van der Waals surface area contributed by atoms with Crippen LogP contribution in [0.25, 0.3) is 89.4 Å². The third kappa shape index (κ3) is 5.59. The molecule has 2 heterocycles. The largest absolute Gasteiger partial charge is 0.248 e. The molecule has 4 heteroatoms. The molecule has 7 aromatic carbocycles. The van der Waals surface area contributed by atoms with Gasteiger partial charge in [0.05, 0.1) is 11.2 Å². The van der Waals surface area contributed by atoms with Gasteiger partial charge in [0, 0.05) is 27.6 Å². The second-order valence-corrected chi connectivity index (χ2v) is 12.3. The zero-order valence-corrected chi connectivity index (χ0v) is 27.1. The predicted octanol–water partition coefficient (Wildman–Crippen LogP) is 11.6. The fraction of sp³-hybridized carbons (Fsp3) is 0. The third-order valence-electron chi connectivity index (χ3n) is 9.12. The fourth-order valence-corrected chi connectivity index (χ4v) is 6.60. The number of benzene rings is 7. The van der Waals surface area contributed by atoms with Crippen molar-refractivity contribution in [2.75, 3.05) is 0 Å². The summed E-state index contributed by atoms with van der Waals surface area (Å²) in [4.78, 5) is 20.2. The summed E-state index contributed by atoms with van der Waals surface area (Å²) in [6.07, 6.45) is 0. The van der Waals surface area contributed by atoms with Crippen molar-refractivity contribution in [2.45, 2.75) is 0 Å². The lowest BCUT2D eigenvalue weighted by Crippen LogP contribution is -2.00. The molecule has 2 aromatic heterocycles. The molecule has 0 bridgehead atoms. The van der Waals surface area contributed by atoms with Crippen molar-refractivity contribution in [3.63, 3.8) is 0 Å². The number of nitrogens with zero attached hydrogens (tertiary/aromatic N) is 4. The molecule has 0 unspecified atom stereocenters. The van der Waals surface area contributed by atoms with Gasteiger partial charge in [-0.25, -0.2) is 19.9 Å². The molecule has 0 amide bonds. The van der Waals surface area contributed by atoms with E-state index in [1.165, 1.54) is 5.56 Å². The summed E-state index contributed by atoms with van der Waals surface area (Å²) in [6, 6.07) is 62.8. The van der Waals surface area contributed by atoms with Gasteiger partial charge in [-0.1, -0.05) is 164 Å². The Labute approximate surface area is 290 Å². The molecular weight excluding hydrogens is 609 g/mol. The van der Waals surface area contributed by atoms with E-state index < -0.39 is 0 Å². The summed E-state index contributed by atoms with van der Waals surface area (Å²) in [5, 5.41) is 3.35. The number of hydrogen-bond donors (Lipinski definition) is 0. The Hall–Kier alpha value is -6.78. The number of aromatic nitrogens is 4. The first kappa shape index (κ1) is 29.4. The van der Waals surface area contributed by atoms with Gasteiger partial charge in [0.25, 0.3) is 0 Å². The SMILES string of the molecule is c1ccc(-c2ccc(-c3nc(-c4ccccc4)nc(-c4ccc5c(ccc6nc(-c7ccccc7)cc(-c7ccccc7)c65)c4)n3)cc2)cc1. The average molecular weight is 639 g/mol. The lowest BCUT2D eigenvalue weighted by molar-refractivity contribution is 1.07. The topological polar surface area (TPSA) is 51.6 Å². The van der Waals surface area contributed by atoms with Crippen LogP contribution in [-0.2, 0) is 0 Å². The van der Waals surface area contributed by atoms with Gasteiger partial charge in [-0.3, -0.25) is 0 Å². The average Bonchev–Trinajstić information content (AvgIpc) is 3.21. The van der Waals surface area contributed by atoms with E-state index in [-0.39, 0.29) is 0 Å². The molecule has 9 aromatic rings. The molecule has 0 saturated carbocycles.